The van der Waals surface area contributed by atoms with Crippen molar-refractivity contribution in [1.82, 2.24) is 5.32 Å². The van der Waals surface area contributed by atoms with E-state index in [1.54, 1.807) is 24.3 Å². The molecule has 0 saturated heterocycles. The number of amides is 2. The van der Waals surface area contributed by atoms with E-state index in [0.717, 1.165) is 17.7 Å². The minimum atomic E-state index is -0.849. The first-order chi connectivity index (χ1) is 12.0. The van der Waals surface area contributed by atoms with E-state index in [9.17, 15) is 18.4 Å². The number of nitrogens with one attached hydrogen (secondary N) is 2. The third-order valence-electron chi connectivity index (χ3n) is 4.05. The molecule has 2 unspecified atom stereocenters. The van der Waals surface area contributed by atoms with Crippen molar-refractivity contribution in [2.45, 2.75) is 13.0 Å². The van der Waals surface area contributed by atoms with Gasteiger partial charge >= 0.3 is 0 Å². The normalized spacial score (nSPS) is 18.5. The highest BCUT2D eigenvalue weighted by molar-refractivity contribution is 6.30. The Morgan fingerprint density at radius 2 is 1.60 bits per heavy atom. The summed E-state index contributed by atoms with van der Waals surface area (Å²) in [6.07, 6.45) is 0.356. The maximum atomic E-state index is 13.5. The largest absolute Gasteiger partial charge is 0.352 e. The zero-order chi connectivity index (χ0) is 18.0. The fraction of sp³-hybridized carbons (Fsp3) is 0.222. The van der Waals surface area contributed by atoms with Gasteiger partial charge < -0.3 is 10.6 Å². The van der Waals surface area contributed by atoms with Gasteiger partial charge in [0, 0.05) is 11.6 Å². The topological polar surface area (TPSA) is 58.2 Å². The average Bonchev–Trinajstić information content (AvgIpc) is 3.38. The van der Waals surface area contributed by atoms with E-state index in [1.807, 2.05) is 0 Å². The Labute approximate surface area is 148 Å². The molecule has 1 aliphatic carbocycles. The van der Waals surface area contributed by atoms with Crippen molar-refractivity contribution >= 4 is 29.1 Å². The third-order valence-corrected chi connectivity index (χ3v) is 4.31. The number of carbonyl (C=O) groups is 2. The van der Waals surface area contributed by atoms with E-state index < -0.39 is 35.1 Å². The highest BCUT2D eigenvalue weighted by Crippen LogP contribution is 2.39. The fourth-order valence-electron chi connectivity index (χ4n) is 2.53. The van der Waals surface area contributed by atoms with Crippen molar-refractivity contribution in [3.63, 3.8) is 0 Å². The Hall–Kier alpha value is -2.47. The number of rotatable bonds is 5. The van der Waals surface area contributed by atoms with Gasteiger partial charge in [0.05, 0.1) is 11.8 Å². The average molecular weight is 365 g/mol. The van der Waals surface area contributed by atoms with Gasteiger partial charge in [-0.2, -0.15) is 0 Å². The standard InChI is InChI=1S/C18H15ClF2N2O2/c19-11-6-4-10(5-7-11)9-22-17(24)12-8-13(12)18(25)23-16-14(20)2-1-3-15(16)21/h1-7,12-13H,8-9H2,(H,22,24)(H,23,25). The van der Waals surface area contributed by atoms with Crippen LogP contribution in [0.5, 0.6) is 0 Å². The van der Waals surface area contributed by atoms with E-state index in [1.165, 1.54) is 6.07 Å². The molecule has 0 spiro atoms. The minimum Gasteiger partial charge on any atom is -0.352 e. The van der Waals surface area contributed by atoms with Gasteiger partial charge in [-0.1, -0.05) is 29.8 Å². The van der Waals surface area contributed by atoms with Crippen LogP contribution in [0.3, 0.4) is 0 Å². The van der Waals surface area contributed by atoms with E-state index >= 15 is 0 Å². The first kappa shape index (κ1) is 17.4. The lowest BCUT2D eigenvalue weighted by molar-refractivity contribution is -0.125. The van der Waals surface area contributed by atoms with Crippen molar-refractivity contribution in [2.24, 2.45) is 11.8 Å². The third kappa shape index (κ3) is 4.14. The number of para-hydroxylation sites is 1. The molecular formula is C18H15ClF2N2O2. The Bertz CT molecular complexity index is 791. The maximum Gasteiger partial charge on any atom is 0.228 e. The number of anilines is 1. The summed E-state index contributed by atoms with van der Waals surface area (Å²) in [6, 6.07) is 10.4. The minimum absolute atomic E-state index is 0.260. The molecule has 2 N–H and O–H groups in total. The van der Waals surface area contributed by atoms with Crippen molar-refractivity contribution in [1.29, 1.82) is 0 Å². The van der Waals surface area contributed by atoms with Crippen LogP contribution < -0.4 is 10.6 Å². The lowest BCUT2D eigenvalue weighted by Crippen LogP contribution is -2.27. The zero-order valence-electron chi connectivity index (χ0n) is 13.1. The number of hydrogen-bond acceptors (Lipinski definition) is 2. The van der Waals surface area contributed by atoms with E-state index in [2.05, 4.69) is 10.6 Å². The van der Waals surface area contributed by atoms with Crippen LogP contribution in [0.25, 0.3) is 0 Å². The lowest BCUT2D eigenvalue weighted by atomic mass is 10.2. The van der Waals surface area contributed by atoms with Crippen LogP contribution in [0.1, 0.15) is 12.0 Å². The summed E-state index contributed by atoms with van der Waals surface area (Å²) in [5, 5.41) is 5.57. The van der Waals surface area contributed by atoms with Gasteiger partial charge in [-0.15, -0.1) is 0 Å². The summed E-state index contributed by atoms with van der Waals surface area (Å²) in [4.78, 5) is 24.1. The van der Waals surface area contributed by atoms with Crippen LogP contribution >= 0.6 is 11.6 Å². The molecule has 0 aliphatic heterocycles. The molecular weight excluding hydrogens is 350 g/mol. The van der Waals surface area contributed by atoms with E-state index in [0.29, 0.717) is 18.0 Å². The molecule has 0 bridgehead atoms. The van der Waals surface area contributed by atoms with Gasteiger partial charge in [-0.3, -0.25) is 9.59 Å². The molecule has 1 aliphatic rings. The molecule has 2 amide bonds. The molecule has 2 aromatic carbocycles. The molecule has 0 heterocycles. The predicted octanol–water partition coefficient (Wildman–Crippen LogP) is 3.51. The SMILES string of the molecule is O=C(NCc1ccc(Cl)cc1)C1CC1C(=O)Nc1c(F)cccc1F. The zero-order valence-corrected chi connectivity index (χ0v) is 13.8. The predicted molar refractivity (Wildman–Crippen MR) is 89.9 cm³/mol. The Balaban J connectivity index is 1.52. The molecule has 2 aromatic rings. The summed E-state index contributed by atoms with van der Waals surface area (Å²) < 4.78 is 27.1. The number of hydrogen-bond donors (Lipinski definition) is 2. The van der Waals surface area contributed by atoms with E-state index in [4.69, 9.17) is 11.6 Å². The molecule has 7 heteroatoms. The van der Waals surface area contributed by atoms with Crippen LogP contribution in [0.4, 0.5) is 14.5 Å². The first-order valence-electron chi connectivity index (χ1n) is 7.72. The summed E-state index contributed by atoms with van der Waals surface area (Å²) in [7, 11) is 0. The van der Waals surface area contributed by atoms with Crippen molar-refractivity contribution in [3.05, 3.63) is 64.7 Å². The fourth-order valence-corrected chi connectivity index (χ4v) is 2.66. The number of benzene rings is 2. The lowest BCUT2D eigenvalue weighted by Gasteiger charge is -2.08. The molecule has 0 radical (unpaired) electrons. The second kappa shape index (κ2) is 7.19. The molecule has 1 saturated carbocycles. The van der Waals surface area contributed by atoms with Crippen molar-refractivity contribution in [3.8, 4) is 0 Å². The maximum absolute atomic E-state index is 13.5. The second-order valence-corrected chi connectivity index (χ2v) is 6.32. The summed E-state index contributed by atoms with van der Waals surface area (Å²) in [5.41, 5.74) is 0.396. The highest BCUT2D eigenvalue weighted by atomic mass is 35.5. The molecule has 2 atom stereocenters. The summed E-state index contributed by atoms with van der Waals surface area (Å²) in [6.45, 7) is 0.322. The second-order valence-electron chi connectivity index (χ2n) is 5.88. The Kier molecular flexibility index (Phi) is 4.99. The molecule has 4 nitrogen and oxygen atoms in total. The van der Waals surface area contributed by atoms with Gasteiger partial charge in [-0.25, -0.2) is 8.78 Å². The molecule has 25 heavy (non-hydrogen) atoms. The van der Waals surface area contributed by atoms with Crippen molar-refractivity contribution < 1.29 is 18.4 Å². The van der Waals surface area contributed by atoms with Gasteiger partial charge in [0.2, 0.25) is 11.8 Å². The van der Waals surface area contributed by atoms with Crippen LogP contribution in [0.2, 0.25) is 5.02 Å². The first-order valence-corrected chi connectivity index (χ1v) is 8.10. The van der Waals surface area contributed by atoms with Gasteiger partial charge in [-0.05, 0) is 36.2 Å². The molecule has 3 rings (SSSR count). The highest BCUT2D eigenvalue weighted by Gasteiger charge is 2.48. The summed E-state index contributed by atoms with van der Waals surface area (Å²) >= 11 is 5.79. The van der Waals surface area contributed by atoms with Crippen LogP contribution in [-0.2, 0) is 16.1 Å². The number of carbonyl (C=O) groups excluding carboxylic acids is 2. The van der Waals surface area contributed by atoms with Crippen LogP contribution in [-0.4, -0.2) is 11.8 Å². The van der Waals surface area contributed by atoms with Crippen LogP contribution in [0, 0.1) is 23.5 Å². The smallest absolute Gasteiger partial charge is 0.228 e. The van der Waals surface area contributed by atoms with Crippen LogP contribution in [0.15, 0.2) is 42.5 Å². The Morgan fingerprint density at radius 3 is 2.24 bits per heavy atom. The molecule has 130 valence electrons. The quantitative estimate of drug-likeness (QED) is 0.853. The summed E-state index contributed by atoms with van der Waals surface area (Å²) in [5.74, 6) is -3.58. The van der Waals surface area contributed by atoms with Gasteiger partial charge in [0.1, 0.15) is 17.3 Å². The molecule has 1 fully saturated rings. The number of halogens is 3. The van der Waals surface area contributed by atoms with Crippen molar-refractivity contribution in [2.75, 3.05) is 5.32 Å². The van der Waals surface area contributed by atoms with E-state index in [-0.39, 0.29) is 5.91 Å². The Morgan fingerprint density at radius 1 is 1.00 bits per heavy atom. The van der Waals surface area contributed by atoms with Gasteiger partial charge in [0.25, 0.3) is 0 Å². The monoisotopic (exact) mass is 364 g/mol. The molecule has 0 aromatic heterocycles. The van der Waals surface area contributed by atoms with Gasteiger partial charge in [0.15, 0.2) is 0 Å².